The first-order valence-electron chi connectivity index (χ1n) is 8.66. The van der Waals surface area contributed by atoms with Crippen molar-refractivity contribution in [1.29, 1.82) is 0 Å². The molecule has 7 heteroatoms. The van der Waals surface area contributed by atoms with Crippen molar-refractivity contribution < 1.29 is 18.7 Å². The third kappa shape index (κ3) is 5.01. The van der Waals surface area contributed by atoms with Crippen molar-refractivity contribution >= 4 is 23.6 Å². The molecule has 3 rings (SSSR count). The summed E-state index contributed by atoms with van der Waals surface area (Å²) in [5, 5.41) is 0. The molecule has 2 aromatic rings. The van der Waals surface area contributed by atoms with E-state index in [4.69, 9.17) is 4.74 Å². The number of hydrogen-bond donors (Lipinski definition) is 0. The smallest absolute Gasteiger partial charge is 0.254 e. The molecule has 27 heavy (non-hydrogen) atoms. The molecule has 1 heterocycles. The van der Waals surface area contributed by atoms with Crippen LogP contribution in [0.5, 0.6) is 5.75 Å². The summed E-state index contributed by atoms with van der Waals surface area (Å²) in [5.74, 6) is 0.629. The molecule has 0 aromatic heterocycles. The lowest BCUT2D eigenvalue weighted by Crippen LogP contribution is -2.51. The number of carbonyl (C=O) groups excluding carboxylic acids is 2. The largest absolute Gasteiger partial charge is 0.497 e. The minimum atomic E-state index is -0.289. The Morgan fingerprint density at radius 2 is 1.70 bits per heavy atom. The van der Waals surface area contributed by atoms with Crippen LogP contribution in [-0.4, -0.2) is 60.7 Å². The Kier molecular flexibility index (Phi) is 6.34. The van der Waals surface area contributed by atoms with E-state index in [1.54, 1.807) is 53.3 Å². The summed E-state index contributed by atoms with van der Waals surface area (Å²) in [7, 11) is 1.57. The molecular weight excluding hydrogens is 367 g/mol. The van der Waals surface area contributed by atoms with Crippen molar-refractivity contribution in [3.05, 3.63) is 59.9 Å². The van der Waals surface area contributed by atoms with Gasteiger partial charge < -0.3 is 14.5 Å². The van der Waals surface area contributed by atoms with E-state index >= 15 is 0 Å². The summed E-state index contributed by atoms with van der Waals surface area (Å²) < 4.78 is 18.1. The number of benzene rings is 2. The molecule has 2 amide bonds. The molecular formula is C20H21FN2O3S. The van der Waals surface area contributed by atoms with Gasteiger partial charge in [0, 0.05) is 36.6 Å². The highest BCUT2D eigenvalue weighted by molar-refractivity contribution is 8.00. The third-order valence-electron chi connectivity index (χ3n) is 4.41. The number of hydrogen-bond acceptors (Lipinski definition) is 4. The highest BCUT2D eigenvalue weighted by atomic mass is 32.2. The van der Waals surface area contributed by atoms with E-state index in [0.29, 0.717) is 43.2 Å². The maximum absolute atomic E-state index is 12.9. The minimum Gasteiger partial charge on any atom is -0.497 e. The molecule has 0 N–H and O–H groups in total. The molecule has 0 bridgehead atoms. The van der Waals surface area contributed by atoms with Crippen LogP contribution in [-0.2, 0) is 4.79 Å². The summed E-state index contributed by atoms with van der Waals surface area (Å²) in [4.78, 5) is 29.4. The van der Waals surface area contributed by atoms with E-state index in [9.17, 15) is 14.0 Å². The van der Waals surface area contributed by atoms with Gasteiger partial charge in [-0.2, -0.15) is 0 Å². The number of amides is 2. The van der Waals surface area contributed by atoms with Gasteiger partial charge in [0.25, 0.3) is 5.91 Å². The first kappa shape index (κ1) is 19.2. The molecule has 2 aromatic carbocycles. The summed E-state index contributed by atoms with van der Waals surface area (Å²) in [6.07, 6.45) is 0. The van der Waals surface area contributed by atoms with E-state index in [2.05, 4.69) is 0 Å². The van der Waals surface area contributed by atoms with Crippen LogP contribution in [0.2, 0.25) is 0 Å². The Balaban J connectivity index is 1.49. The van der Waals surface area contributed by atoms with Gasteiger partial charge in [-0.1, -0.05) is 6.07 Å². The Morgan fingerprint density at radius 1 is 1.04 bits per heavy atom. The van der Waals surface area contributed by atoms with E-state index in [1.807, 2.05) is 0 Å². The second-order valence-electron chi connectivity index (χ2n) is 6.15. The number of methoxy groups -OCH3 is 1. The Bertz CT molecular complexity index is 805. The van der Waals surface area contributed by atoms with Gasteiger partial charge in [-0.3, -0.25) is 9.59 Å². The molecule has 0 saturated carbocycles. The van der Waals surface area contributed by atoms with Crippen LogP contribution in [0.15, 0.2) is 53.4 Å². The lowest BCUT2D eigenvalue weighted by atomic mass is 10.1. The summed E-state index contributed by atoms with van der Waals surface area (Å²) in [6, 6.07) is 13.2. The third-order valence-corrected chi connectivity index (χ3v) is 5.41. The van der Waals surface area contributed by atoms with Crippen molar-refractivity contribution in [2.45, 2.75) is 4.90 Å². The van der Waals surface area contributed by atoms with Crippen LogP contribution in [0, 0.1) is 5.82 Å². The average Bonchev–Trinajstić information content (AvgIpc) is 2.72. The van der Waals surface area contributed by atoms with Gasteiger partial charge in [0.15, 0.2) is 0 Å². The van der Waals surface area contributed by atoms with Crippen LogP contribution < -0.4 is 4.74 Å². The van der Waals surface area contributed by atoms with Gasteiger partial charge >= 0.3 is 0 Å². The average molecular weight is 388 g/mol. The molecule has 1 aliphatic heterocycles. The van der Waals surface area contributed by atoms with Gasteiger partial charge in [0.1, 0.15) is 11.6 Å². The first-order valence-corrected chi connectivity index (χ1v) is 9.65. The molecule has 0 unspecified atom stereocenters. The van der Waals surface area contributed by atoms with Crippen LogP contribution in [0.3, 0.4) is 0 Å². The van der Waals surface area contributed by atoms with E-state index in [1.165, 1.54) is 23.9 Å². The van der Waals surface area contributed by atoms with Crippen molar-refractivity contribution in [1.82, 2.24) is 9.80 Å². The number of carbonyl (C=O) groups is 2. The fourth-order valence-electron chi connectivity index (χ4n) is 2.86. The fraction of sp³-hybridized carbons (Fsp3) is 0.300. The summed E-state index contributed by atoms with van der Waals surface area (Å²) >= 11 is 1.39. The van der Waals surface area contributed by atoms with Crippen LogP contribution in [0.4, 0.5) is 4.39 Å². The second kappa shape index (κ2) is 8.90. The molecule has 1 aliphatic rings. The Morgan fingerprint density at radius 3 is 2.37 bits per heavy atom. The Labute approximate surface area is 162 Å². The Hall–Kier alpha value is -2.54. The van der Waals surface area contributed by atoms with Crippen molar-refractivity contribution in [3.8, 4) is 5.75 Å². The van der Waals surface area contributed by atoms with Crippen molar-refractivity contribution in [2.75, 3.05) is 39.0 Å². The lowest BCUT2D eigenvalue weighted by molar-refractivity contribution is -0.129. The molecule has 5 nitrogen and oxygen atoms in total. The summed E-state index contributed by atoms with van der Waals surface area (Å²) in [6.45, 7) is 2.03. The summed E-state index contributed by atoms with van der Waals surface area (Å²) in [5.41, 5.74) is 0.584. The topological polar surface area (TPSA) is 49.9 Å². The van der Waals surface area contributed by atoms with Crippen molar-refractivity contribution in [3.63, 3.8) is 0 Å². The minimum absolute atomic E-state index is 0.0257. The molecule has 142 valence electrons. The number of halogens is 1. The normalized spacial score (nSPS) is 14.1. The van der Waals surface area contributed by atoms with Crippen LogP contribution in [0.1, 0.15) is 10.4 Å². The fourth-order valence-corrected chi connectivity index (χ4v) is 3.67. The molecule has 0 atom stereocenters. The predicted octanol–water partition coefficient (Wildman–Crippen LogP) is 2.91. The van der Waals surface area contributed by atoms with E-state index in [0.717, 1.165) is 4.90 Å². The van der Waals surface area contributed by atoms with E-state index < -0.39 is 0 Å². The zero-order chi connectivity index (χ0) is 19.2. The number of thioether (sulfide) groups is 1. The SMILES string of the molecule is COc1cccc(C(=O)N2CCN(C(=O)CSc3ccc(F)cc3)CC2)c1. The molecule has 0 spiro atoms. The maximum atomic E-state index is 12.9. The standard InChI is InChI=1S/C20H21FN2O3S/c1-26-17-4-2-3-15(13-17)20(25)23-11-9-22(10-12-23)19(24)14-27-18-7-5-16(21)6-8-18/h2-8,13H,9-12,14H2,1H3. The van der Waals surface area contributed by atoms with Gasteiger partial charge in [0.2, 0.25) is 5.91 Å². The van der Waals surface area contributed by atoms with Crippen molar-refractivity contribution in [2.24, 2.45) is 0 Å². The van der Waals surface area contributed by atoms with Crippen LogP contribution in [0.25, 0.3) is 0 Å². The predicted molar refractivity (Wildman–Crippen MR) is 103 cm³/mol. The quantitative estimate of drug-likeness (QED) is 0.739. The highest BCUT2D eigenvalue weighted by Crippen LogP contribution is 2.19. The molecule has 0 aliphatic carbocycles. The monoisotopic (exact) mass is 388 g/mol. The van der Waals surface area contributed by atoms with Gasteiger partial charge in [-0.15, -0.1) is 11.8 Å². The lowest BCUT2D eigenvalue weighted by Gasteiger charge is -2.34. The van der Waals surface area contributed by atoms with Crippen LogP contribution >= 0.6 is 11.8 Å². The molecule has 1 saturated heterocycles. The number of ether oxygens (including phenoxy) is 1. The maximum Gasteiger partial charge on any atom is 0.254 e. The first-order chi connectivity index (χ1) is 13.1. The number of piperazine rings is 1. The van der Waals surface area contributed by atoms with E-state index in [-0.39, 0.29) is 17.6 Å². The number of nitrogens with zero attached hydrogens (tertiary/aromatic N) is 2. The number of rotatable bonds is 5. The highest BCUT2D eigenvalue weighted by Gasteiger charge is 2.25. The molecule has 0 radical (unpaired) electrons. The zero-order valence-electron chi connectivity index (χ0n) is 15.1. The molecule has 1 fully saturated rings. The van der Waals surface area contributed by atoms with Gasteiger partial charge in [-0.05, 0) is 42.5 Å². The second-order valence-corrected chi connectivity index (χ2v) is 7.20. The zero-order valence-corrected chi connectivity index (χ0v) is 15.9. The van der Waals surface area contributed by atoms with Gasteiger partial charge in [-0.25, -0.2) is 4.39 Å². The van der Waals surface area contributed by atoms with Gasteiger partial charge in [0.05, 0.1) is 12.9 Å².